The maximum Gasteiger partial charge on any atom is 0.251 e. The third kappa shape index (κ3) is 4.78. The molecule has 0 saturated carbocycles. The first kappa shape index (κ1) is 21.1. The van der Waals surface area contributed by atoms with E-state index < -0.39 is 0 Å². The molecule has 0 spiro atoms. The largest absolute Gasteiger partial charge is 0.497 e. The Kier molecular flexibility index (Phi) is 6.17. The molecule has 1 amide bonds. The van der Waals surface area contributed by atoms with Gasteiger partial charge in [-0.3, -0.25) is 14.5 Å². The molecule has 7 heteroatoms. The van der Waals surface area contributed by atoms with Crippen molar-refractivity contribution in [2.45, 2.75) is 13.5 Å². The highest BCUT2D eigenvalue weighted by atomic mass is 16.5. The highest BCUT2D eigenvalue weighted by Crippen LogP contribution is 2.29. The lowest BCUT2D eigenvalue weighted by Gasteiger charge is -2.13. The molecule has 7 nitrogen and oxygen atoms in total. The number of aryl methyl sites for hydroxylation is 1. The number of carbonyl (C=O) groups excluding carboxylic acids is 1. The number of rotatable bonds is 7. The summed E-state index contributed by atoms with van der Waals surface area (Å²) in [5, 5.41) is 7.15. The summed E-state index contributed by atoms with van der Waals surface area (Å²) in [4.78, 5) is 17.2. The van der Waals surface area contributed by atoms with E-state index in [4.69, 9.17) is 9.47 Å². The van der Waals surface area contributed by atoms with Crippen LogP contribution in [0.15, 0.2) is 73.2 Å². The van der Waals surface area contributed by atoms with Crippen molar-refractivity contribution in [2.75, 3.05) is 7.11 Å². The van der Waals surface area contributed by atoms with Gasteiger partial charge in [-0.05, 0) is 42.8 Å². The van der Waals surface area contributed by atoms with Crippen LogP contribution in [0.1, 0.15) is 21.5 Å². The van der Waals surface area contributed by atoms with Gasteiger partial charge in [-0.1, -0.05) is 18.2 Å². The van der Waals surface area contributed by atoms with E-state index in [-0.39, 0.29) is 5.91 Å². The number of amides is 1. The Hall–Kier alpha value is -4.13. The number of pyridine rings is 1. The van der Waals surface area contributed by atoms with E-state index in [1.807, 2.05) is 62.6 Å². The summed E-state index contributed by atoms with van der Waals surface area (Å²) in [7, 11) is 3.48. The van der Waals surface area contributed by atoms with Crippen LogP contribution >= 0.6 is 0 Å². The third-order valence-corrected chi connectivity index (χ3v) is 5.10. The number of methoxy groups -OCH3 is 1. The molecule has 1 N–H and O–H groups in total. The molecule has 0 radical (unpaired) electrons. The zero-order valence-electron chi connectivity index (χ0n) is 18.2. The Bertz CT molecular complexity index is 1230. The summed E-state index contributed by atoms with van der Waals surface area (Å²) in [5.41, 5.74) is 3.99. The van der Waals surface area contributed by atoms with E-state index in [9.17, 15) is 4.79 Å². The molecule has 2 aromatic heterocycles. The Labute approximate surface area is 186 Å². The first-order valence-electron chi connectivity index (χ1n) is 10.2. The molecule has 0 atom stereocenters. The summed E-state index contributed by atoms with van der Waals surface area (Å²) < 4.78 is 13.0. The van der Waals surface area contributed by atoms with Crippen molar-refractivity contribution in [1.29, 1.82) is 0 Å². The topological polar surface area (TPSA) is 78.3 Å². The highest BCUT2D eigenvalue weighted by Gasteiger charge is 2.13. The fraction of sp³-hybridized carbons (Fsp3) is 0.160. The van der Waals surface area contributed by atoms with Crippen LogP contribution in [0.4, 0.5) is 0 Å². The maximum absolute atomic E-state index is 12.8. The fourth-order valence-corrected chi connectivity index (χ4v) is 3.30. The van der Waals surface area contributed by atoms with Crippen molar-refractivity contribution in [3.63, 3.8) is 0 Å². The molecule has 4 rings (SSSR count). The lowest BCUT2D eigenvalue weighted by atomic mass is 10.1. The second-order valence-electron chi connectivity index (χ2n) is 7.34. The van der Waals surface area contributed by atoms with Crippen molar-refractivity contribution in [3.05, 3.63) is 89.9 Å². The second kappa shape index (κ2) is 9.34. The molecular formula is C25H24N4O3. The van der Waals surface area contributed by atoms with Gasteiger partial charge in [-0.25, -0.2) is 0 Å². The van der Waals surface area contributed by atoms with Crippen molar-refractivity contribution in [2.24, 2.45) is 7.05 Å². The van der Waals surface area contributed by atoms with Crippen molar-refractivity contribution in [1.82, 2.24) is 20.1 Å². The Morgan fingerprint density at radius 2 is 1.91 bits per heavy atom. The molecule has 2 heterocycles. The molecule has 0 aliphatic heterocycles. The Morgan fingerprint density at radius 1 is 1.09 bits per heavy atom. The summed E-state index contributed by atoms with van der Waals surface area (Å²) in [6.45, 7) is 2.30. The summed E-state index contributed by atoms with van der Waals surface area (Å²) in [6.07, 6.45) is 5.34. The highest BCUT2D eigenvalue weighted by molar-refractivity contribution is 5.96. The number of hydrogen-bond donors (Lipinski definition) is 1. The number of nitrogens with zero attached hydrogens (tertiary/aromatic N) is 3. The molecule has 4 aromatic rings. The molecule has 0 bridgehead atoms. The molecule has 162 valence electrons. The lowest BCUT2D eigenvalue weighted by Crippen LogP contribution is -2.23. The summed E-state index contributed by atoms with van der Waals surface area (Å²) in [5.74, 6) is 1.88. The average Bonchev–Trinajstić information content (AvgIpc) is 3.26. The summed E-state index contributed by atoms with van der Waals surface area (Å²) in [6, 6.07) is 16.7. The molecule has 0 saturated heterocycles. The van der Waals surface area contributed by atoms with E-state index in [2.05, 4.69) is 15.4 Å². The van der Waals surface area contributed by atoms with Crippen LogP contribution in [0.3, 0.4) is 0 Å². The first-order chi connectivity index (χ1) is 15.5. The van der Waals surface area contributed by atoms with Crippen molar-refractivity contribution in [3.8, 4) is 28.5 Å². The first-order valence-corrected chi connectivity index (χ1v) is 10.2. The van der Waals surface area contributed by atoms with Crippen LogP contribution in [-0.4, -0.2) is 27.8 Å². The molecule has 32 heavy (non-hydrogen) atoms. The smallest absolute Gasteiger partial charge is 0.251 e. The van der Waals surface area contributed by atoms with E-state index in [1.54, 1.807) is 36.3 Å². The quantitative estimate of drug-likeness (QED) is 0.468. The number of hydrogen-bond acceptors (Lipinski definition) is 5. The minimum Gasteiger partial charge on any atom is -0.497 e. The Morgan fingerprint density at radius 3 is 2.62 bits per heavy atom. The van der Waals surface area contributed by atoms with Gasteiger partial charge in [0.2, 0.25) is 0 Å². The van der Waals surface area contributed by atoms with E-state index in [1.165, 1.54) is 0 Å². The van der Waals surface area contributed by atoms with Gasteiger partial charge in [-0.15, -0.1) is 0 Å². The lowest BCUT2D eigenvalue weighted by molar-refractivity contribution is 0.0950. The van der Waals surface area contributed by atoms with E-state index in [0.717, 1.165) is 28.1 Å². The predicted molar refractivity (Wildman–Crippen MR) is 122 cm³/mol. The van der Waals surface area contributed by atoms with E-state index >= 15 is 0 Å². The molecule has 0 unspecified atom stereocenters. The zero-order valence-corrected chi connectivity index (χ0v) is 18.2. The SMILES string of the molecule is COc1ccc(CNC(=O)c2cccc(Oc3ccnc(-c4cnn(C)c4)c3)c2C)cc1. The van der Waals surface area contributed by atoms with E-state index in [0.29, 0.717) is 23.6 Å². The van der Waals surface area contributed by atoms with Crippen LogP contribution in [0, 0.1) is 6.92 Å². The van der Waals surface area contributed by atoms with Gasteiger partial charge < -0.3 is 14.8 Å². The van der Waals surface area contributed by atoms with Gasteiger partial charge >= 0.3 is 0 Å². The van der Waals surface area contributed by atoms with Gasteiger partial charge in [0.15, 0.2) is 0 Å². The summed E-state index contributed by atoms with van der Waals surface area (Å²) >= 11 is 0. The number of nitrogens with one attached hydrogen (secondary N) is 1. The average molecular weight is 428 g/mol. The normalized spacial score (nSPS) is 10.6. The van der Waals surface area contributed by atoms with Gasteiger partial charge in [0, 0.05) is 48.7 Å². The molecular weight excluding hydrogens is 404 g/mol. The van der Waals surface area contributed by atoms with Gasteiger partial charge in [0.1, 0.15) is 17.2 Å². The molecule has 2 aromatic carbocycles. The number of benzene rings is 2. The van der Waals surface area contributed by atoms with Gasteiger partial charge in [-0.2, -0.15) is 5.10 Å². The number of aromatic nitrogens is 3. The van der Waals surface area contributed by atoms with Crippen LogP contribution < -0.4 is 14.8 Å². The fourth-order valence-electron chi connectivity index (χ4n) is 3.30. The van der Waals surface area contributed by atoms with Crippen molar-refractivity contribution >= 4 is 5.91 Å². The van der Waals surface area contributed by atoms with Crippen LogP contribution in [0.25, 0.3) is 11.3 Å². The molecule has 0 fully saturated rings. The minimum absolute atomic E-state index is 0.158. The van der Waals surface area contributed by atoms with Crippen molar-refractivity contribution < 1.29 is 14.3 Å². The maximum atomic E-state index is 12.8. The second-order valence-corrected chi connectivity index (χ2v) is 7.34. The van der Waals surface area contributed by atoms with Crippen LogP contribution in [0.5, 0.6) is 17.2 Å². The van der Waals surface area contributed by atoms with Gasteiger partial charge in [0.05, 0.1) is 19.0 Å². The van der Waals surface area contributed by atoms with Crippen LogP contribution in [-0.2, 0) is 13.6 Å². The minimum atomic E-state index is -0.158. The zero-order chi connectivity index (χ0) is 22.5. The van der Waals surface area contributed by atoms with Gasteiger partial charge in [0.25, 0.3) is 5.91 Å². The monoisotopic (exact) mass is 428 g/mol. The predicted octanol–water partition coefficient (Wildman–Crippen LogP) is 4.52. The number of ether oxygens (including phenoxy) is 2. The Balaban J connectivity index is 1.48. The standard InChI is InChI=1S/C25H24N4O3/c1-17-22(25(30)27-14-18-7-9-20(31-3)10-8-18)5-4-6-24(17)32-21-11-12-26-23(13-21)19-15-28-29(2)16-19/h4-13,15-16H,14H2,1-3H3,(H,27,30). The number of carbonyl (C=O) groups is 1. The van der Waals surface area contributed by atoms with Crippen LogP contribution in [0.2, 0.25) is 0 Å². The molecule has 0 aliphatic rings. The third-order valence-electron chi connectivity index (χ3n) is 5.10. The molecule has 0 aliphatic carbocycles.